The van der Waals surface area contributed by atoms with Crippen molar-refractivity contribution in [3.05, 3.63) is 29.6 Å². The number of anilines is 1. The van der Waals surface area contributed by atoms with Gasteiger partial charge in [-0.2, -0.15) is 0 Å². The molecule has 3 rings (SSSR count). The predicted molar refractivity (Wildman–Crippen MR) is 95.4 cm³/mol. The number of nitrogens with two attached hydrogens (primary N) is 1. The molecule has 122 valence electrons. The molecule has 0 fully saturated rings. The highest BCUT2D eigenvalue weighted by atomic mass is 32.2. The van der Waals surface area contributed by atoms with Gasteiger partial charge in [0, 0.05) is 28.5 Å². The van der Waals surface area contributed by atoms with Gasteiger partial charge in [0.25, 0.3) is 0 Å². The summed E-state index contributed by atoms with van der Waals surface area (Å²) >= 11 is 3.17. The molecule has 2 N–H and O–H groups in total. The number of rotatable bonds is 5. The molecule has 1 aliphatic heterocycles. The fourth-order valence-electron chi connectivity index (χ4n) is 2.44. The molecule has 0 aliphatic carbocycles. The molecular formula is C16H20N4OS2. The van der Waals surface area contributed by atoms with E-state index in [9.17, 15) is 0 Å². The molecular weight excluding hydrogens is 328 g/mol. The van der Waals surface area contributed by atoms with E-state index in [0.29, 0.717) is 5.82 Å². The molecule has 0 saturated heterocycles. The molecule has 0 aromatic carbocycles. The van der Waals surface area contributed by atoms with Gasteiger partial charge >= 0.3 is 0 Å². The monoisotopic (exact) mass is 348 g/mol. The van der Waals surface area contributed by atoms with E-state index in [-0.39, 0.29) is 5.41 Å². The van der Waals surface area contributed by atoms with Crippen molar-refractivity contribution in [2.45, 2.75) is 35.9 Å². The van der Waals surface area contributed by atoms with Crippen LogP contribution in [0.2, 0.25) is 0 Å². The van der Waals surface area contributed by atoms with Crippen LogP contribution in [-0.2, 0) is 11.8 Å². The second-order valence-corrected chi connectivity index (χ2v) is 7.95. The molecule has 3 heterocycles. The molecule has 0 amide bonds. The summed E-state index contributed by atoms with van der Waals surface area (Å²) in [7, 11) is 0. The van der Waals surface area contributed by atoms with Crippen LogP contribution in [0.15, 0.2) is 28.5 Å². The highest BCUT2D eigenvalue weighted by Crippen LogP contribution is 2.38. The summed E-state index contributed by atoms with van der Waals surface area (Å²) in [4.78, 5) is 13.2. The Balaban J connectivity index is 1.65. The SMILES string of the molecule is CSc1cc(N)nc(SCCc2cc3c(cn2)OCC3(C)C)n1. The second-order valence-electron chi connectivity index (χ2n) is 6.06. The summed E-state index contributed by atoms with van der Waals surface area (Å²) in [5.41, 5.74) is 8.19. The van der Waals surface area contributed by atoms with Crippen molar-refractivity contribution >= 4 is 29.3 Å². The van der Waals surface area contributed by atoms with Crippen molar-refractivity contribution in [1.29, 1.82) is 0 Å². The predicted octanol–water partition coefficient (Wildman–Crippen LogP) is 3.18. The number of nitrogen functional groups attached to an aromatic ring is 1. The third kappa shape index (κ3) is 3.72. The van der Waals surface area contributed by atoms with Gasteiger partial charge in [-0.1, -0.05) is 25.6 Å². The van der Waals surface area contributed by atoms with Crippen LogP contribution in [0.5, 0.6) is 5.75 Å². The lowest BCUT2D eigenvalue weighted by Crippen LogP contribution is -2.18. The fourth-order valence-corrected chi connectivity index (χ4v) is 3.74. The molecule has 0 atom stereocenters. The minimum atomic E-state index is 0.0599. The lowest BCUT2D eigenvalue weighted by atomic mass is 9.87. The quantitative estimate of drug-likeness (QED) is 0.505. The number of thioether (sulfide) groups is 2. The lowest BCUT2D eigenvalue weighted by Gasteiger charge is -2.15. The third-order valence-corrected chi connectivity index (χ3v) is 5.22. The average Bonchev–Trinajstić information content (AvgIpc) is 2.82. The first-order valence-corrected chi connectivity index (χ1v) is 9.62. The number of ether oxygens (including phenoxy) is 1. The van der Waals surface area contributed by atoms with E-state index in [2.05, 4.69) is 34.9 Å². The van der Waals surface area contributed by atoms with E-state index in [1.165, 1.54) is 5.56 Å². The van der Waals surface area contributed by atoms with Gasteiger partial charge in [-0.3, -0.25) is 4.98 Å². The highest BCUT2D eigenvalue weighted by molar-refractivity contribution is 7.99. The van der Waals surface area contributed by atoms with Gasteiger partial charge in [0.15, 0.2) is 5.16 Å². The van der Waals surface area contributed by atoms with Gasteiger partial charge in [0.1, 0.15) is 16.6 Å². The highest BCUT2D eigenvalue weighted by Gasteiger charge is 2.32. The van der Waals surface area contributed by atoms with Crippen LogP contribution < -0.4 is 10.5 Å². The normalized spacial score (nSPS) is 15.3. The molecule has 0 unspecified atom stereocenters. The summed E-state index contributed by atoms with van der Waals surface area (Å²) in [6, 6.07) is 3.95. The van der Waals surface area contributed by atoms with Gasteiger partial charge in [-0.15, -0.1) is 11.8 Å². The average molecular weight is 348 g/mol. The zero-order valence-electron chi connectivity index (χ0n) is 13.5. The first-order valence-electron chi connectivity index (χ1n) is 7.41. The molecule has 0 saturated carbocycles. The first-order chi connectivity index (χ1) is 11.0. The van der Waals surface area contributed by atoms with E-state index < -0.39 is 0 Å². The van der Waals surface area contributed by atoms with Gasteiger partial charge in [-0.25, -0.2) is 9.97 Å². The van der Waals surface area contributed by atoms with Gasteiger partial charge in [0.05, 0.1) is 12.8 Å². The molecule has 2 aromatic heterocycles. The van der Waals surface area contributed by atoms with E-state index in [0.717, 1.165) is 40.4 Å². The van der Waals surface area contributed by atoms with Crippen LogP contribution in [0, 0.1) is 0 Å². The Morgan fingerprint density at radius 1 is 1.30 bits per heavy atom. The van der Waals surface area contributed by atoms with E-state index >= 15 is 0 Å². The Labute approximate surface area is 144 Å². The number of hydrogen-bond acceptors (Lipinski definition) is 7. The number of pyridine rings is 1. The maximum absolute atomic E-state index is 5.81. The Kier molecular flexibility index (Phi) is 4.68. The zero-order chi connectivity index (χ0) is 16.4. The third-order valence-electron chi connectivity index (χ3n) is 3.74. The van der Waals surface area contributed by atoms with Crippen molar-refractivity contribution in [2.75, 3.05) is 24.3 Å². The van der Waals surface area contributed by atoms with E-state index in [4.69, 9.17) is 10.5 Å². The van der Waals surface area contributed by atoms with Crippen molar-refractivity contribution in [3.63, 3.8) is 0 Å². The molecule has 1 aliphatic rings. The number of nitrogens with zero attached hydrogens (tertiary/aromatic N) is 3. The van der Waals surface area contributed by atoms with Crippen LogP contribution >= 0.6 is 23.5 Å². The molecule has 0 bridgehead atoms. The largest absolute Gasteiger partial charge is 0.491 e. The van der Waals surface area contributed by atoms with Crippen LogP contribution in [-0.4, -0.2) is 33.6 Å². The van der Waals surface area contributed by atoms with E-state index in [1.807, 2.05) is 12.5 Å². The maximum atomic E-state index is 5.81. The van der Waals surface area contributed by atoms with Crippen molar-refractivity contribution in [1.82, 2.24) is 15.0 Å². The first kappa shape index (κ1) is 16.4. The smallest absolute Gasteiger partial charge is 0.190 e. The Hall–Kier alpha value is -1.47. The minimum absolute atomic E-state index is 0.0599. The molecule has 5 nitrogen and oxygen atoms in total. The summed E-state index contributed by atoms with van der Waals surface area (Å²) in [5.74, 6) is 2.29. The Morgan fingerprint density at radius 2 is 2.13 bits per heavy atom. The van der Waals surface area contributed by atoms with Crippen LogP contribution in [0.1, 0.15) is 25.1 Å². The van der Waals surface area contributed by atoms with Gasteiger partial charge in [-0.05, 0) is 18.7 Å². The van der Waals surface area contributed by atoms with Crippen LogP contribution in [0.3, 0.4) is 0 Å². The topological polar surface area (TPSA) is 73.9 Å². The van der Waals surface area contributed by atoms with Gasteiger partial charge < -0.3 is 10.5 Å². The number of hydrogen-bond donors (Lipinski definition) is 1. The van der Waals surface area contributed by atoms with Crippen molar-refractivity contribution in [3.8, 4) is 5.75 Å². The maximum Gasteiger partial charge on any atom is 0.190 e. The standard InChI is InChI=1S/C16H20N4OS2/c1-16(2)9-21-12-8-18-10(6-11(12)16)4-5-23-15-19-13(17)7-14(20-15)22-3/h6-8H,4-5,9H2,1-3H3,(H2,17,19,20). The summed E-state index contributed by atoms with van der Waals surface area (Å²) < 4.78 is 5.68. The van der Waals surface area contributed by atoms with E-state index in [1.54, 1.807) is 29.6 Å². The molecule has 23 heavy (non-hydrogen) atoms. The Morgan fingerprint density at radius 3 is 2.91 bits per heavy atom. The second kappa shape index (κ2) is 6.57. The van der Waals surface area contributed by atoms with Crippen LogP contribution in [0.4, 0.5) is 5.82 Å². The van der Waals surface area contributed by atoms with Crippen molar-refractivity contribution in [2.24, 2.45) is 0 Å². The zero-order valence-corrected chi connectivity index (χ0v) is 15.1. The number of aryl methyl sites for hydroxylation is 1. The Bertz CT molecular complexity index is 721. The number of aromatic nitrogens is 3. The van der Waals surface area contributed by atoms with Gasteiger partial charge in [0.2, 0.25) is 0 Å². The molecule has 0 spiro atoms. The summed E-state index contributed by atoms with van der Waals surface area (Å²) in [6.45, 7) is 5.11. The number of fused-ring (bicyclic) bond motifs is 1. The summed E-state index contributed by atoms with van der Waals surface area (Å²) in [5, 5.41) is 1.62. The summed E-state index contributed by atoms with van der Waals surface area (Å²) in [6.07, 6.45) is 4.68. The molecule has 7 heteroatoms. The van der Waals surface area contributed by atoms with Crippen molar-refractivity contribution < 1.29 is 4.74 Å². The lowest BCUT2D eigenvalue weighted by molar-refractivity contribution is 0.290. The fraction of sp³-hybridized carbons (Fsp3) is 0.438. The molecule has 0 radical (unpaired) electrons. The minimum Gasteiger partial charge on any atom is -0.491 e. The molecule has 2 aromatic rings. The van der Waals surface area contributed by atoms with Crippen LogP contribution in [0.25, 0.3) is 0 Å².